The number of hydrogen-bond acceptors (Lipinski definition) is 4. The molecule has 0 fully saturated rings. The van der Waals surface area contributed by atoms with E-state index in [-0.39, 0.29) is 0 Å². The highest BCUT2D eigenvalue weighted by Gasteiger charge is 2.00. The van der Waals surface area contributed by atoms with Crippen LogP contribution in [0.3, 0.4) is 0 Å². The van der Waals surface area contributed by atoms with Gasteiger partial charge in [-0.05, 0) is 13.8 Å². The van der Waals surface area contributed by atoms with Gasteiger partial charge in [-0.25, -0.2) is 4.98 Å². The third kappa shape index (κ3) is 1.25. The van der Waals surface area contributed by atoms with Crippen LogP contribution in [-0.4, -0.2) is 4.98 Å². The lowest BCUT2D eigenvalue weighted by atomic mass is 10.4. The molecule has 1 rings (SSSR count). The zero-order valence-electron chi connectivity index (χ0n) is 5.80. The molecule has 4 heteroatoms. The summed E-state index contributed by atoms with van der Waals surface area (Å²) >= 11 is 1.49. The Bertz CT molecular complexity index is 252. The number of nitrogens with one attached hydrogen (secondary N) is 1. The molecule has 0 saturated heterocycles. The number of aryl methyl sites for hydroxylation is 2. The molecule has 0 radical (unpaired) electrons. The van der Waals surface area contributed by atoms with E-state index >= 15 is 0 Å². The predicted octanol–water partition coefficient (Wildman–Crippen LogP) is 1.65. The summed E-state index contributed by atoms with van der Waals surface area (Å²) in [7, 11) is 0. The van der Waals surface area contributed by atoms with Crippen molar-refractivity contribution in [1.82, 2.24) is 4.98 Å². The molecule has 0 aliphatic carbocycles. The van der Waals surface area contributed by atoms with E-state index in [0.717, 1.165) is 10.6 Å². The maximum atomic E-state index is 8.23. The Hall–Kier alpha value is -1.08. The third-order valence-corrected chi connectivity index (χ3v) is 2.18. The number of nitrogens with zero attached hydrogens (tertiary/aromatic N) is 2. The maximum absolute atomic E-state index is 8.23. The van der Waals surface area contributed by atoms with Crippen LogP contribution in [0.2, 0.25) is 0 Å². The summed E-state index contributed by atoms with van der Waals surface area (Å²) in [6.07, 6.45) is 1.82. The summed E-state index contributed by atoms with van der Waals surface area (Å²) in [6, 6.07) is 0. The SMILES string of the molecule is Cc1nc(NC#N)sc1C. The Morgan fingerprint density at radius 3 is 2.70 bits per heavy atom. The minimum Gasteiger partial charge on any atom is -0.268 e. The summed E-state index contributed by atoms with van der Waals surface area (Å²) in [5, 5.41) is 11.4. The van der Waals surface area contributed by atoms with Gasteiger partial charge in [0.1, 0.15) is 0 Å². The van der Waals surface area contributed by atoms with Gasteiger partial charge in [0.15, 0.2) is 11.3 Å². The van der Waals surface area contributed by atoms with Crippen molar-refractivity contribution in [3.05, 3.63) is 10.6 Å². The highest BCUT2D eigenvalue weighted by molar-refractivity contribution is 7.15. The van der Waals surface area contributed by atoms with Crippen molar-refractivity contribution >= 4 is 16.5 Å². The zero-order valence-corrected chi connectivity index (χ0v) is 6.62. The molecular formula is C6H7N3S. The molecule has 0 aliphatic heterocycles. The molecule has 0 atom stereocenters. The van der Waals surface area contributed by atoms with Gasteiger partial charge < -0.3 is 0 Å². The average molecular weight is 153 g/mol. The molecule has 1 aromatic rings. The van der Waals surface area contributed by atoms with E-state index in [1.165, 1.54) is 11.3 Å². The van der Waals surface area contributed by atoms with Crippen molar-refractivity contribution in [2.45, 2.75) is 13.8 Å². The molecule has 1 N–H and O–H groups in total. The van der Waals surface area contributed by atoms with Crippen molar-refractivity contribution in [3.63, 3.8) is 0 Å². The van der Waals surface area contributed by atoms with E-state index in [4.69, 9.17) is 5.26 Å². The number of nitriles is 1. The lowest BCUT2D eigenvalue weighted by Crippen LogP contribution is -1.84. The van der Waals surface area contributed by atoms with E-state index in [1.54, 1.807) is 0 Å². The summed E-state index contributed by atoms with van der Waals surface area (Å²) in [5.74, 6) is 0. The summed E-state index contributed by atoms with van der Waals surface area (Å²) in [4.78, 5) is 5.24. The quantitative estimate of drug-likeness (QED) is 0.493. The molecule has 52 valence electrons. The molecule has 0 saturated carbocycles. The molecule has 0 unspecified atom stereocenters. The van der Waals surface area contributed by atoms with Crippen LogP contribution >= 0.6 is 11.3 Å². The van der Waals surface area contributed by atoms with Gasteiger partial charge in [-0.2, -0.15) is 5.26 Å². The van der Waals surface area contributed by atoms with Crippen LogP contribution in [0.4, 0.5) is 5.13 Å². The minimum absolute atomic E-state index is 0.678. The van der Waals surface area contributed by atoms with Crippen molar-refractivity contribution in [1.29, 1.82) is 5.26 Å². The highest BCUT2D eigenvalue weighted by atomic mass is 32.1. The second-order valence-corrected chi connectivity index (χ2v) is 3.10. The fourth-order valence-corrected chi connectivity index (χ4v) is 1.34. The van der Waals surface area contributed by atoms with E-state index in [9.17, 15) is 0 Å². The maximum Gasteiger partial charge on any atom is 0.196 e. The summed E-state index contributed by atoms with van der Waals surface area (Å²) in [5.41, 5.74) is 0.989. The minimum atomic E-state index is 0.678. The zero-order chi connectivity index (χ0) is 7.56. The molecule has 0 spiro atoms. The van der Waals surface area contributed by atoms with Crippen LogP contribution in [0.25, 0.3) is 0 Å². The van der Waals surface area contributed by atoms with Crippen LogP contribution in [0.1, 0.15) is 10.6 Å². The topological polar surface area (TPSA) is 48.7 Å². The largest absolute Gasteiger partial charge is 0.268 e. The molecule has 0 aromatic carbocycles. The van der Waals surface area contributed by atoms with E-state index in [1.807, 2.05) is 20.0 Å². The lowest BCUT2D eigenvalue weighted by molar-refractivity contribution is 1.23. The molecule has 1 aromatic heterocycles. The number of aromatic nitrogens is 1. The van der Waals surface area contributed by atoms with Crippen LogP contribution in [0.5, 0.6) is 0 Å². The molecule has 3 nitrogen and oxygen atoms in total. The van der Waals surface area contributed by atoms with Gasteiger partial charge in [0.25, 0.3) is 0 Å². The fraction of sp³-hybridized carbons (Fsp3) is 0.333. The Morgan fingerprint density at radius 1 is 1.60 bits per heavy atom. The first-order chi connectivity index (χ1) is 4.74. The number of rotatable bonds is 1. The van der Waals surface area contributed by atoms with Crippen molar-refractivity contribution in [2.75, 3.05) is 5.32 Å². The second kappa shape index (κ2) is 2.67. The van der Waals surface area contributed by atoms with E-state index in [0.29, 0.717) is 5.13 Å². The van der Waals surface area contributed by atoms with Gasteiger partial charge in [-0.1, -0.05) is 0 Å². The van der Waals surface area contributed by atoms with Gasteiger partial charge in [0, 0.05) is 4.88 Å². The van der Waals surface area contributed by atoms with Gasteiger partial charge in [-0.15, -0.1) is 11.3 Å². The van der Waals surface area contributed by atoms with Gasteiger partial charge in [0.05, 0.1) is 5.69 Å². The Kier molecular flexibility index (Phi) is 1.88. The molecule has 0 bridgehead atoms. The van der Waals surface area contributed by atoms with E-state index in [2.05, 4.69) is 10.3 Å². The predicted molar refractivity (Wildman–Crippen MR) is 40.8 cm³/mol. The molecule has 0 aliphatic rings. The van der Waals surface area contributed by atoms with Crippen LogP contribution in [-0.2, 0) is 0 Å². The molecule has 1 heterocycles. The van der Waals surface area contributed by atoms with Crippen LogP contribution in [0.15, 0.2) is 0 Å². The van der Waals surface area contributed by atoms with Gasteiger partial charge in [-0.3, -0.25) is 5.32 Å². The third-order valence-electron chi connectivity index (χ3n) is 1.19. The van der Waals surface area contributed by atoms with Crippen LogP contribution < -0.4 is 5.32 Å². The highest BCUT2D eigenvalue weighted by Crippen LogP contribution is 2.20. The molecule has 0 amide bonds. The monoisotopic (exact) mass is 153 g/mol. The Balaban J connectivity index is 2.90. The number of thiazole rings is 1. The first-order valence-electron chi connectivity index (χ1n) is 2.83. The second-order valence-electron chi connectivity index (χ2n) is 1.90. The first-order valence-corrected chi connectivity index (χ1v) is 3.65. The van der Waals surface area contributed by atoms with Crippen molar-refractivity contribution in [3.8, 4) is 6.19 Å². The van der Waals surface area contributed by atoms with Gasteiger partial charge in [0.2, 0.25) is 0 Å². The lowest BCUT2D eigenvalue weighted by Gasteiger charge is -1.82. The smallest absolute Gasteiger partial charge is 0.196 e. The average Bonchev–Trinajstić information content (AvgIpc) is 2.14. The summed E-state index contributed by atoms with van der Waals surface area (Å²) in [6.45, 7) is 3.91. The molecular weight excluding hydrogens is 146 g/mol. The van der Waals surface area contributed by atoms with Crippen molar-refractivity contribution < 1.29 is 0 Å². The van der Waals surface area contributed by atoms with Gasteiger partial charge >= 0.3 is 0 Å². The van der Waals surface area contributed by atoms with Crippen molar-refractivity contribution in [2.24, 2.45) is 0 Å². The summed E-state index contributed by atoms with van der Waals surface area (Å²) < 4.78 is 0. The standard InChI is InChI=1S/C6H7N3S/c1-4-5(2)10-6(9-4)8-3-7/h1-2H3,(H,8,9). The first kappa shape index (κ1) is 7.03. The fourth-order valence-electron chi connectivity index (χ4n) is 0.574. The Labute approximate surface area is 63.3 Å². The number of hydrogen-bond donors (Lipinski definition) is 1. The van der Waals surface area contributed by atoms with Crippen LogP contribution in [0, 0.1) is 25.3 Å². The van der Waals surface area contributed by atoms with E-state index < -0.39 is 0 Å². The Morgan fingerprint density at radius 2 is 2.30 bits per heavy atom. The number of anilines is 1. The molecule has 10 heavy (non-hydrogen) atoms. The normalized spacial score (nSPS) is 8.90.